The molecule has 4 rings (SSSR count). The van der Waals surface area contributed by atoms with E-state index in [4.69, 9.17) is 4.42 Å². The van der Waals surface area contributed by atoms with Crippen LogP contribution in [0.2, 0.25) is 0 Å². The summed E-state index contributed by atoms with van der Waals surface area (Å²) in [5.74, 6) is 5.99. The van der Waals surface area contributed by atoms with Crippen molar-refractivity contribution in [1.82, 2.24) is 14.8 Å². The minimum absolute atomic E-state index is 0.0569. The van der Waals surface area contributed by atoms with E-state index in [2.05, 4.69) is 29.3 Å². The van der Waals surface area contributed by atoms with Gasteiger partial charge in [-0.1, -0.05) is 43.1 Å². The van der Waals surface area contributed by atoms with Gasteiger partial charge in [0.1, 0.15) is 17.0 Å². The van der Waals surface area contributed by atoms with Gasteiger partial charge in [-0.25, -0.2) is 0 Å². The maximum absolute atomic E-state index is 13.7. The van der Waals surface area contributed by atoms with Gasteiger partial charge in [0.2, 0.25) is 5.91 Å². The van der Waals surface area contributed by atoms with Crippen LogP contribution in [0.15, 0.2) is 40.4 Å². The Morgan fingerprint density at radius 1 is 1.19 bits per heavy atom. The molecule has 1 atom stereocenters. The summed E-state index contributed by atoms with van der Waals surface area (Å²) in [5.41, 5.74) is 2.36. The van der Waals surface area contributed by atoms with Gasteiger partial charge in [0, 0.05) is 24.7 Å². The zero-order valence-corrected chi connectivity index (χ0v) is 22.7. The average molecular weight is 492 g/mol. The van der Waals surface area contributed by atoms with E-state index in [0.717, 1.165) is 42.5 Å². The Kier molecular flexibility index (Phi) is 9.25. The van der Waals surface area contributed by atoms with Crippen LogP contribution in [0.4, 0.5) is 0 Å². The largest absolute Gasteiger partial charge is 0.460 e. The van der Waals surface area contributed by atoms with Crippen LogP contribution in [0, 0.1) is 18.8 Å². The number of nitrogens with zero attached hydrogens (tertiary/aromatic N) is 2. The lowest BCUT2D eigenvalue weighted by atomic mass is 9.91. The topological polar surface area (TPSA) is 67.5 Å². The molecule has 0 radical (unpaired) electrons. The van der Waals surface area contributed by atoms with Crippen molar-refractivity contribution in [2.75, 3.05) is 6.54 Å². The van der Waals surface area contributed by atoms with Crippen LogP contribution in [0.1, 0.15) is 89.4 Å². The molecule has 0 bridgehead atoms. The first-order valence-electron chi connectivity index (χ1n) is 13.1. The van der Waals surface area contributed by atoms with Crippen molar-refractivity contribution in [3.8, 4) is 11.8 Å². The third-order valence-corrected chi connectivity index (χ3v) is 7.29. The minimum atomic E-state index is -0.965. The van der Waals surface area contributed by atoms with Gasteiger partial charge in [0.05, 0.1) is 12.1 Å². The van der Waals surface area contributed by atoms with Crippen molar-refractivity contribution in [3.63, 3.8) is 0 Å². The fourth-order valence-electron chi connectivity index (χ4n) is 5.18. The molecule has 2 amide bonds. The fraction of sp³-hybridized carbons (Fsp3) is 0.533. The zero-order chi connectivity index (χ0) is 26.3. The molecular weight excluding hydrogens is 450 g/mol. The van der Waals surface area contributed by atoms with Gasteiger partial charge in [-0.2, -0.15) is 0 Å². The van der Waals surface area contributed by atoms with Crippen LogP contribution in [0.5, 0.6) is 0 Å². The van der Waals surface area contributed by atoms with E-state index in [1.54, 1.807) is 4.90 Å². The summed E-state index contributed by atoms with van der Waals surface area (Å²) in [4.78, 5) is 29.1. The predicted molar refractivity (Wildman–Crippen MR) is 146 cm³/mol. The molecule has 2 aromatic rings. The van der Waals surface area contributed by atoms with Gasteiger partial charge < -0.3 is 19.2 Å². The molecule has 2 aromatic heterocycles. The molecule has 6 nitrogen and oxygen atoms in total. The van der Waals surface area contributed by atoms with Crippen molar-refractivity contribution in [2.24, 2.45) is 0 Å². The summed E-state index contributed by atoms with van der Waals surface area (Å²) in [6, 6.07) is 3.96. The van der Waals surface area contributed by atoms with Crippen molar-refractivity contribution in [1.29, 1.82) is 0 Å². The highest BCUT2D eigenvalue weighted by atomic mass is 16.3. The monoisotopic (exact) mass is 491 g/mol. The predicted octanol–water partition coefficient (Wildman–Crippen LogP) is 6.15. The summed E-state index contributed by atoms with van der Waals surface area (Å²) >= 11 is 0. The molecule has 1 fully saturated rings. The van der Waals surface area contributed by atoms with Gasteiger partial charge >= 0.3 is 0 Å². The van der Waals surface area contributed by atoms with E-state index in [1.165, 1.54) is 6.42 Å². The molecule has 1 N–H and O–H groups in total. The Balaban J connectivity index is 0.000000840. The molecule has 1 aliphatic carbocycles. The number of nitrogens with one attached hydrogen (secondary N) is 1. The Morgan fingerprint density at radius 3 is 2.50 bits per heavy atom. The van der Waals surface area contributed by atoms with Crippen LogP contribution >= 0.6 is 0 Å². The van der Waals surface area contributed by atoms with E-state index < -0.39 is 5.54 Å². The van der Waals surface area contributed by atoms with E-state index in [9.17, 15) is 9.59 Å². The van der Waals surface area contributed by atoms with E-state index in [-0.39, 0.29) is 17.9 Å². The normalized spacial score (nSPS) is 20.6. The molecule has 1 unspecified atom stereocenters. The Bertz CT molecular complexity index is 1190. The first-order chi connectivity index (χ1) is 17.3. The third kappa shape index (κ3) is 5.78. The molecule has 1 saturated carbocycles. The second kappa shape index (κ2) is 12.2. The molecule has 0 aromatic carbocycles. The summed E-state index contributed by atoms with van der Waals surface area (Å²) in [5, 5.41) is 3.28. The van der Waals surface area contributed by atoms with Crippen molar-refractivity contribution in [2.45, 2.75) is 98.2 Å². The molecule has 194 valence electrons. The van der Waals surface area contributed by atoms with Crippen LogP contribution in [-0.2, 0) is 11.3 Å². The molecule has 6 heteroatoms. The number of hydrogen-bond donors (Lipinski definition) is 1. The quantitative estimate of drug-likeness (QED) is 0.389. The summed E-state index contributed by atoms with van der Waals surface area (Å²) in [7, 11) is 0. The maximum Gasteiger partial charge on any atom is 0.271 e. The number of fused-ring (bicyclic) bond motifs is 3. The lowest BCUT2D eigenvalue weighted by molar-refractivity contribution is -0.133. The van der Waals surface area contributed by atoms with Gasteiger partial charge in [0.25, 0.3) is 5.91 Å². The minimum Gasteiger partial charge on any atom is -0.460 e. The second-order valence-corrected chi connectivity index (χ2v) is 9.87. The lowest BCUT2D eigenvalue weighted by Crippen LogP contribution is -2.65. The molecular formula is C30H41N3O3. The maximum atomic E-state index is 13.7. The number of amides is 2. The molecule has 1 aliphatic heterocycles. The first kappa shape index (κ1) is 27.4. The number of allylic oxidation sites excluding steroid dienone is 3. The summed E-state index contributed by atoms with van der Waals surface area (Å²) in [6.45, 7) is 12.4. The van der Waals surface area contributed by atoms with Crippen molar-refractivity contribution >= 4 is 22.9 Å². The van der Waals surface area contributed by atoms with E-state index in [0.29, 0.717) is 30.8 Å². The molecule has 2 aliphatic rings. The number of hydrogen-bond acceptors (Lipinski definition) is 3. The highest BCUT2D eigenvalue weighted by molar-refractivity contribution is 6.03. The van der Waals surface area contributed by atoms with Crippen LogP contribution < -0.4 is 5.32 Å². The number of aryl methyl sites for hydroxylation is 1. The smallest absolute Gasteiger partial charge is 0.271 e. The van der Waals surface area contributed by atoms with E-state index >= 15 is 0 Å². The van der Waals surface area contributed by atoms with Gasteiger partial charge in [-0.05, 0) is 60.8 Å². The van der Waals surface area contributed by atoms with Crippen LogP contribution in [-0.4, -0.2) is 39.4 Å². The molecule has 0 saturated heterocycles. The van der Waals surface area contributed by atoms with Crippen molar-refractivity contribution < 1.29 is 14.0 Å². The van der Waals surface area contributed by atoms with Gasteiger partial charge in [-0.15, -0.1) is 11.8 Å². The number of carbonyl (C=O) groups is 2. The standard InChI is InChI=1S/C26H35N3O3.C4H6/c1-5-10-19(6-2)13-14-29-24(30)22-16-23-21(15-18(3)32-23)28(22)17-26(29,4)25(31)27-20-11-8-7-9-12-20;1-3-4-2/h5-6,10,15-16,20H,7-9,11-14,17H2,1-4H3,(H,27,31);1-2H3/b10-5-,19-6+;. The number of carbonyl (C=O) groups excluding carboxylic acids is 2. The molecule has 3 heterocycles. The van der Waals surface area contributed by atoms with Crippen molar-refractivity contribution in [3.05, 3.63) is 47.4 Å². The highest BCUT2D eigenvalue weighted by Crippen LogP contribution is 2.34. The van der Waals surface area contributed by atoms with Gasteiger partial charge in [0.15, 0.2) is 5.58 Å². The third-order valence-electron chi connectivity index (χ3n) is 7.29. The zero-order valence-electron chi connectivity index (χ0n) is 22.7. The lowest BCUT2D eigenvalue weighted by Gasteiger charge is -2.45. The number of rotatable bonds is 6. The highest BCUT2D eigenvalue weighted by Gasteiger charge is 2.48. The van der Waals surface area contributed by atoms with Crippen LogP contribution in [0.25, 0.3) is 11.1 Å². The van der Waals surface area contributed by atoms with Crippen LogP contribution in [0.3, 0.4) is 0 Å². The fourth-order valence-corrected chi connectivity index (χ4v) is 5.18. The number of furan rings is 1. The Morgan fingerprint density at radius 2 is 1.89 bits per heavy atom. The summed E-state index contributed by atoms with van der Waals surface area (Å²) < 4.78 is 7.76. The average Bonchev–Trinajstić information content (AvgIpc) is 3.40. The van der Waals surface area contributed by atoms with E-state index in [1.807, 2.05) is 64.3 Å². The molecule has 0 spiro atoms. The SMILES string of the molecule is C/C=C\C(=C/C)CCN1C(=O)c2cc3oc(C)cc3n2CC1(C)C(=O)NC1CCCCC1.CC#CC. The first-order valence-corrected chi connectivity index (χ1v) is 13.1. The molecule has 36 heavy (non-hydrogen) atoms. The summed E-state index contributed by atoms with van der Waals surface area (Å²) in [6.07, 6.45) is 12.4. The Labute approximate surface area is 215 Å². The van der Waals surface area contributed by atoms with Gasteiger partial charge in [-0.3, -0.25) is 9.59 Å². The Hall–Kier alpha value is -3.20. The number of aromatic nitrogens is 1. The second-order valence-electron chi connectivity index (χ2n) is 9.87.